The zero-order chi connectivity index (χ0) is 12.9. The first kappa shape index (κ1) is 13.3. The fourth-order valence-corrected chi connectivity index (χ4v) is 1.53. The molecule has 1 aromatic carbocycles. The number of carbonyl (C=O) groups excluding carboxylic acids is 1. The maximum absolute atomic E-state index is 11.2. The van der Waals surface area contributed by atoms with Crippen molar-refractivity contribution in [1.82, 2.24) is 0 Å². The van der Waals surface area contributed by atoms with E-state index in [-0.39, 0.29) is 5.41 Å². The Hall–Kier alpha value is -1.75. The van der Waals surface area contributed by atoms with Gasteiger partial charge in [-0.05, 0) is 24.0 Å². The fourth-order valence-electron chi connectivity index (χ4n) is 1.53. The molecule has 0 N–H and O–H groups in total. The second-order valence-electron chi connectivity index (χ2n) is 4.77. The van der Waals surface area contributed by atoms with E-state index in [1.54, 1.807) is 6.92 Å². The van der Waals surface area contributed by atoms with Crippen molar-refractivity contribution in [3.63, 3.8) is 0 Å². The van der Waals surface area contributed by atoms with Crippen LogP contribution in [0.4, 0.5) is 0 Å². The van der Waals surface area contributed by atoms with Gasteiger partial charge in [0.05, 0.1) is 6.61 Å². The SMILES string of the molecule is CCOC(=O)C#Cc1ccccc1C(C)(C)C. The lowest BCUT2D eigenvalue weighted by atomic mass is 9.84. The van der Waals surface area contributed by atoms with Gasteiger partial charge < -0.3 is 4.74 Å². The molecule has 0 spiro atoms. The van der Waals surface area contributed by atoms with Gasteiger partial charge in [0.1, 0.15) is 0 Å². The molecule has 2 nitrogen and oxygen atoms in total. The molecule has 0 aromatic heterocycles. The Kier molecular flexibility index (Phi) is 4.34. The highest BCUT2D eigenvalue weighted by molar-refractivity contribution is 5.89. The van der Waals surface area contributed by atoms with Crippen molar-refractivity contribution in [3.8, 4) is 11.8 Å². The number of hydrogen-bond acceptors (Lipinski definition) is 2. The number of hydrogen-bond donors (Lipinski definition) is 0. The Morgan fingerprint density at radius 2 is 1.94 bits per heavy atom. The van der Waals surface area contributed by atoms with Gasteiger partial charge in [0.2, 0.25) is 0 Å². The van der Waals surface area contributed by atoms with Gasteiger partial charge in [-0.2, -0.15) is 0 Å². The summed E-state index contributed by atoms with van der Waals surface area (Å²) in [4.78, 5) is 11.2. The maximum Gasteiger partial charge on any atom is 0.384 e. The van der Waals surface area contributed by atoms with Crippen LogP contribution in [0.2, 0.25) is 0 Å². The number of rotatable bonds is 1. The minimum Gasteiger partial charge on any atom is -0.456 e. The van der Waals surface area contributed by atoms with Crippen molar-refractivity contribution >= 4 is 5.97 Å². The van der Waals surface area contributed by atoms with Crippen LogP contribution in [-0.4, -0.2) is 12.6 Å². The van der Waals surface area contributed by atoms with E-state index in [1.165, 1.54) is 0 Å². The topological polar surface area (TPSA) is 26.3 Å². The van der Waals surface area contributed by atoms with Crippen molar-refractivity contribution in [2.24, 2.45) is 0 Å². The van der Waals surface area contributed by atoms with Gasteiger partial charge in [0.15, 0.2) is 0 Å². The van der Waals surface area contributed by atoms with Crippen LogP contribution in [0.5, 0.6) is 0 Å². The van der Waals surface area contributed by atoms with Crippen LogP contribution < -0.4 is 0 Å². The minimum atomic E-state index is -0.476. The summed E-state index contributed by atoms with van der Waals surface area (Å²) in [6.07, 6.45) is 0. The van der Waals surface area contributed by atoms with Crippen LogP contribution in [0, 0.1) is 11.8 Å². The molecule has 0 bridgehead atoms. The first-order valence-electron chi connectivity index (χ1n) is 5.73. The lowest BCUT2D eigenvalue weighted by Gasteiger charge is -2.20. The monoisotopic (exact) mass is 230 g/mol. The Morgan fingerprint density at radius 1 is 1.29 bits per heavy atom. The molecule has 0 aliphatic rings. The van der Waals surface area contributed by atoms with Gasteiger partial charge in [-0.25, -0.2) is 4.79 Å². The molecule has 0 aliphatic carbocycles. The van der Waals surface area contributed by atoms with E-state index in [1.807, 2.05) is 24.3 Å². The lowest BCUT2D eigenvalue weighted by molar-refractivity contribution is -0.136. The van der Waals surface area contributed by atoms with Crippen LogP contribution in [0.15, 0.2) is 24.3 Å². The molecule has 0 saturated heterocycles. The van der Waals surface area contributed by atoms with Crippen molar-refractivity contribution in [1.29, 1.82) is 0 Å². The smallest absolute Gasteiger partial charge is 0.384 e. The minimum absolute atomic E-state index is 0.0138. The largest absolute Gasteiger partial charge is 0.456 e. The molecule has 1 rings (SSSR count). The van der Waals surface area contributed by atoms with E-state index in [0.717, 1.165) is 11.1 Å². The molecular weight excluding hydrogens is 212 g/mol. The molecule has 0 heterocycles. The molecule has 2 heteroatoms. The molecule has 1 aromatic rings. The molecule has 0 amide bonds. The Balaban J connectivity index is 3.03. The normalized spacial score (nSPS) is 10.4. The quantitative estimate of drug-likeness (QED) is 0.547. The number of carbonyl (C=O) groups is 1. The summed E-state index contributed by atoms with van der Waals surface area (Å²) in [5.41, 5.74) is 2.03. The van der Waals surface area contributed by atoms with E-state index >= 15 is 0 Å². The predicted molar refractivity (Wildman–Crippen MR) is 68.7 cm³/mol. The highest BCUT2D eigenvalue weighted by Gasteiger charge is 2.16. The van der Waals surface area contributed by atoms with Gasteiger partial charge in [-0.1, -0.05) is 44.9 Å². The van der Waals surface area contributed by atoms with Crippen LogP contribution in [0.25, 0.3) is 0 Å². The molecule has 0 radical (unpaired) electrons. The van der Waals surface area contributed by atoms with E-state index in [4.69, 9.17) is 4.74 Å². The molecule has 0 aliphatic heterocycles. The van der Waals surface area contributed by atoms with Gasteiger partial charge in [-0.15, -0.1) is 0 Å². The van der Waals surface area contributed by atoms with Crippen LogP contribution in [0.1, 0.15) is 38.8 Å². The molecule has 0 atom stereocenters. The molecule has 90 valence electrons. The van der Waals surface area contributed by atoms with Crippen molar-refractivity contribution < 1.29 is 9.53 Å². The summed E-state index contributed by atoms with van der Waals surface area (Å²) in [5, 5.41) is 0. The Bertz CT molecular complexity index is 456. The third-order valence-corrected chi connectivity index (χ3v) is 2.31. The molecule has 0 fully saturated rings. The summed E-state index contributed by atoms with van der Waals surface area (Å²) in [6.45, 7) is 8.49. The van der Waals surface area contributed by atoms with E-state index in [0.29, 0.717) is 6.61 Å². The second kappa shape index (κ2) is 5.54. The number of ether oxygens (including phenoxy) is 1. The van der Waals surface area contributed by atoms with E-state index < -0.39 is 5.97 Å². The zero-order valence-electron chi connectivity index (χ0n) is 10.8. The summed E-state index contributed by atoms with van der Waals surface area (Å²) in [7, 11) is 0. The fraction of sp³-hybridized carbons (Fsp3) is 0.400. The Labute approximate surface area is 103 Å². The van der Waals surface area contributed by atoms with Crippen LogP contribution in [0.3, 0.4) is 0 Å². The third kappa shape index (κ3) is 3.96. The summed E-state index contributed by atoms with van der Waals surface area (Å²) in [5.74, 6) is 4.91. The van der Waals surface area contributed by atoms with Crippen LogP contribution in [-0.2, 0) is 14.9 Å². The predicted octanol–water partition coefficient (Wildman–Crippen LogP) is 2.90. The molecule has 0 saturated carbocycles. The average molecular weight is 230 g/mol. The third-order valence-electron chi connectivity index (χ3n) is 2.31. The summed E-state index contributed by atoms with van der Waals surface area (Å²) in [6, 6.07) is 7.86. The van der Waals surface area contributed by atoms with E-state index in [9.17, 15) is 4.79 Å². The molecule has 0 unspecified atom stereocenters. The first-order chi connectivity index (χ1) is 7.95. The number of esters is 1. The second-order valence-corrected chi connectivity index (χ2v) is 4.77. The highest BCUT2D eigenvalue weighted by Crippen LogP contribution is 2.24. The van der Waals surface area contributed by atoms with Gasteiger partial charge >= 0.3 is 5.97 Å². The molecule has 17 heavy (non-hydrogen) atoms. The number of benzene rings is 1. The summed E-state index contributed by atoms with van der Waals surface area (Å²) >= 11 is 0. The standard InChI is InChI=1S/C15H18O2/c1-5-17-14(16)11-10-12-8-6-7-9-13(12)15(2,3)4/h6-9H,5H2,1-4H3. The van der Waals surface area contributed by atoms with Gasteiger partial charge in [0.25, 0.3) is 0 Å². The lowest BCUT2D eigenvalue weighted by Crippen LogP contribution is -2.13. The summed E-state index contributed by atoms with van der Waals surface area (Å²) < 4.78 is 4.78. The van der Waals surface area contributed by atoms with Gasteiger partial charge in [-0.3, -0.25) is 0 Å². The molecular formula is C15H18O2. The van der Waals surface area contributed by atoms with Crippen molar-refractivity contribution in [3.05, 3.63) is 35.4 Å². The van der Waals surface area contributed by atoms with E-state index in [2.05, 4.69) is 32.6 Å². The van der Waals surface area contributed by atoms with Gasteiger partial charge in [0, 0.05) is 11.5 Å². The van der Waals surface area contributed by atoms with Crippen molar-refractivity contribution in [2.45, 2.75) is 33.1 Å². The average Bonchev–Trinajstić information content (AvgIpc) is 2.26. The van der Waals surface area contributed by atoms with Crippen molar-refractivity contribution in [2.75, 3.05) is 6.61 Å². The van der Waals surface area contributed by atoms with Crippen LogP contribution >= 0.6 is 0 Å². The highest BCUT2D eigenvalue weighted by atomic mass is 16.5. The maximum atomic E-state index is 11.2. The zero-order valence-corrected chi connectivity index (χ0v) is 10.8. The Morgan fingerprint density at radius 3 is 2.53 bits per heavy atom. The first-order valence-corrected chi connectivity index (χ1v) is 5.73.